The minimum Gasteiger partial charge on any atom is -0.312 e. The summed E-state index contributed by atoms with van der Waals surface area (Å²) >= 11 is 0. The van der Waals surface area contributed by atoms with Gasteiger partial charge in [-0.1, -0.05) is 60.7 Å². The molecule has 0 saturated carbocycles. The van der Waals surface area contributed by atoms with Gasteiger partial charge in [0.25, 0.3) is 0 Å². The number of benzene rings is 5. The lowest BCUT2D eigenvalue weighted by atomic mass is 9.83. The van der Waals surface area contributed by atoms with Crippen LogP contribution in [-0.2, 0) is 6.42 Å². The Labute approximate surface area is 207 Å². The summed E-state index contributed by atoms with van der Waals surface area (Å²) in [4.78, 5) is 0. The second kappa shape index (κ2) is 5.91. The summed E-state index contributed by atoms with van der Waals surface area (Å²) in [6.07, 6.45) is 3.71. The van der Waals surface area contributed by atoms with Gasteiger partial charge in [0.15, 0.2) is 0 Å². The van der Waals surface area contributed by atoms with Crippen LogP contribution in [0.5, 0.6) is 0 Å². The van der Waals surface area contributed by atoms with Crippen molar-refractivity contribution >= 4 is 59.8 Å². The van der Waals surface area contributed by atoms with Gasteiger partial charge >= 0.3 is 0 Å². The minimum atomic E-state index is 0.544. The first-order valence-corrected chi connectivity index (χ1v) is 13.1. The van der Waals surface area contributed by atoms with Crippen LogP contribution in [0.25, 0.3) is 65.5 Å². The van der Waals surface area contributed by atoms with E-state index in [1.54, 1.807) is 11.3 Å². The van der Waals surface area contributed by atoms with Crippen molar-refractivity contribution < 1.29 is 0 Å². The number of fused-ring (bicyclic) bond motifs is 14. The molecule has 2 aliphatic rings. The van der Waals surface area contributed by atoms with Crippen molar-refractivity contribution in [2.45, 2.75) is 25.2 Å². The van der Waals surface area contributed by atoms with E-state index in [1.165, 1.54) is 90.3 Å². The molecule has 168 valence electrons. The summed E-state index contributed by atoms with van der Waals surface area (Å²) in [6.45, 7) is 0. The number of nitrogens with zero attached hydrogens (tertiary/aromatic N) is 2. The molecule has 2 heteroatoms. The van der Waals surface area contributed by atoms with Crippen molar-refractivity contribution in [3.63, 3.8) is 0 Å². The zero-order valence-electron chi connectivity index (χ0n) is 19.8. The summed E-state index contributed by atoms with van der Waals surface area (Å²) in [5.41, 5.74) is 11.4. The second-order valence-electron chi connectivity index (χ2n) is 10.8. The van der Waals surface area contributed by atoms with Crippen molar-refractivity contribution in [3.8, 4) is 5.69 Å². The van der Waals surface area contributed by atoms with E-state index in [1.807, 2.05) is 0 Å². The molecule has 10 rings (SSSR count). The summed E-state index contributed by atoms with van der Waals surface area (Å²) in [6, 6.07) is 34.4. The summed E-state index contributed by atoms with van der Waals surface area (Å²) in [5, 5.41) is 9.66. The van der Waals surface area contributed by atoms with Gasteiger partial charge in [0.1, 0.15) is 0 Å². The van der Waals surface area contributed by atoms with E-state index < -0.39 is 0 Å². The average Bonchev–Trinajstić information content (AvgIpc) is 3.65. The number of para-hydroxylation sites is 3. The van der Waals surface area contributed by atoms with E-state index in [0.29, 0.717) is 5.92 Å². The molecule has 1 aliphatic heterocycles. The maximum atomic E-state index is 2.59. The molecule has 0 spiro atoms. The van der Waals surface area contributed by atoms with Crippen LogP contribution in [0.15, 0.2) is 91.0 Å². The Hall–Kier alpha value is -4.30. The maximum absolute atomic E-state index is 2.59. The highest BCUT2D eigenvalue weighted by atomic mass is 15.0. The lowest BCUT2D eigenvalue weighted by Gasteiger charge is -2.19. The maximum Gasteiger partial charge on any atom is 0.0620 e. The Bertz CT molecular complexity index is 2240. The van der Waals surface area contributed by atoms with Gasteiger partial charge in [-0.2, -0.15) is 0 Å². The molecule has 8 aromatic rings. The summed E-state index contributed by atoms with van der Waals surface area (Å²) < 4.78 is 5.09. The molecule has 0 amide bonds. The third-order valence-electron chi connectivity index (χ3n) is 9.24. The molecule has 1 unspecified atom stereocenters. The molecule has 0 N–H and O–H groups in total. The zero-order valence-corrected chi connectivity index (χ0v) is 19.8. The Morgan fingerprint density at radius 2 is 1.47 bits per heavy atom. The highest BCUT2D eigenvalue weighted by Gasteiger charge is 2.36. The predicted molar refractivity (Wildman–Crippen MR) is 150 cm³/mol. The van der Waals surface area contributed by atoms with Crippen LogP contribution in [0.2, 0.25) is 0 Å². The first-order valence-electron chi connectivity index (χ1n) is 13.1. The van der Waals surface area contributed by atoms with Gasteiger partial charge in [-0.15, -0.1) is 0 Å². The van der Waals surface area contributed by atoms with Crippen molar-refractivity contribution in [1.82, 2.24) is 8.97 Å². The Balaban J connectivity index is 1.41. The molecule has 36 heavy (non-hydrogen) atoms. The number of hydrogen-bond donors (Lipinski definition) is 0. The molecule has 5 aromatic carbocycles. The smallest absolute Gasteiger partial charge is 0.0620 e. The van der Waals surface area contributed by atoms with Gasteiger partial charge in [0.2, 0.25) is 0 Å². The zero-order chi connectivity index (χ0) is 23.1. The SMILES string of the molecule is c1ccc2c(c1)C1CCCc3c1n-2c1ccc2cc4c(cc2c31)c1cccc2c3ccccc3n4c21. The predicted octanol–water partition coefficient (Wildman–Crippen LogP) is 8.72. The molecule has 0 radical (unpaired) electrons. The number of aryl methyl sites for hydroxylation is 1. The van der Waals surface area contributed by atoms with Crippen molar-refractivity contribution in [1.29, 1.82) is 0 Å². The van der Waals surface area contributed by atoms with Gasteiger partial charge in [-0.05, 0) is 71.5 Å². The van der Waals surface area contributed by atoms with Crippen molar-refractivity contribution in [2.24, 2.45) is 0 Å². The summed E-state index contributed by atoms with van der Waals surface area (Å²) in [7, 11) is 0. The van der Waals surface area contributed by atoms with E-state index in [-0.39, 0.29) is 0 Å². The van der Waals surface area contributed by atoms with E-state index in [9.17, 15) is 0 Å². The van der Waals surface area contributed by atoms with E-state index in [0.717, 1.165) is 0 Å². The Kier molecular flexibility index (Phi) is 2.96. The first-order chi connectivity index (χ1) is 17.9. The van der Waals surface area contributed by atoms with Gasteiger partial charge in [-0.3, -0.25) is 0 Å². The van der Waals surface area contributed by atoms with E-state index in [4.69, 9.17) is 0 Å². The van der Waals surface area contributed by atoms with Crippen molar-refractivity contribution in [3.05, 3.63) is 108 Å². The molecule has 0 bridgehead atoms. The third kappa shape index (κ3) is 1.86. The van der Waals surface area contributed by atoms with Crippen LogP contribution < -0.4 is 0 Å². The van der Waals surface area contributed by atoms with Crippen LogP contribution in [0, 0.1) is 0 Å². The minimum absolute atomic E-state index is 0.544. The largest absolute Gasteiger partial charge is 0.312 e. The fourth-order valence-electron chi connectivity index (χ4n) is 7.92. The molecule has 2 nitrogen and oxygen atoms in total. The van der Waals surface area contributed by atoms with Crippen LogP contribution >= 0.6 is 0 Å². The molecule has 0 fully saturated rings. The third-order valence-corrected chi connectivity index (χ3v) is 9.24. The van der Waals surface area contributed by atoms with Crippen LogP contribution in [-0.4, -0.2) is 8.97 Å². The first kappa shape index (κ1) is 18.0. The molecule has 0 saturated heterocycles. The van der Waals surface area contributed by atoms with E-state index in [2.05, 4.69) is 100.0 Å². The van der Waals surface area contributed by atoms with Gasteiger partial charge in [0, 0.05) is 44.2 Å². The number of hydrogen-bond acceptors (Lipinski definition) is 0. The Morgan fingerprint density at radius 1 is 0.639 bits per heavy atom. The quantitative estimate of drug-likeness (QED) is 0.215. The normalized spacial score (nSPS) is 16.8. The van der Waals surface area contributed by atoms with Gasteiger partial charge < -0.3 is 8.97 Å². The highest BCUT2D eigenvalue weighted by molar-refractivity contribution is 6.26. The second-order valence-corrected chi connectivity index (χ2v) is 10.8. The van der Waals surface area contributed by atoms with Crippen LogP contribution in [0.4, 0.5) is 0 Å². The number of aromatic nitrogens is 2. The van der Waals surface area contributed by atoms with Crippen LogP contribution in [0.3, 0.4) is 0 Å². The number of rotatable bonds is 0. The van der Waals surface area contributed by atoms with Gasteiger partial charge in [-0.25, -0.2) is 0 Å². The molecular weight excluding hydrogens is 436 g/mol. The van der Waals surface area contributed by atoms with E-state index >= 15 is 0 Å². The fraction of sp³-hybridized carbons (Fsp3) is 0.118. The highest BCUT2D eigenvalue weighted by Crippen LogP contribution is 2.51. The van der Waals surface area contributed by atoms with Crippen molar-refractivity contribution in [2.75, 3.05) is 0 Å². The summed E-state index contributed by atoms with van der Waals surface area (Å²) in [5.74, 6) is 0.544. The van der Waals surface area contributed by atoms with Crippen LogP contribution in [0.1, 0.15) is 35.6 Å². The molecule has 3 aromatic heterocycles. The standard InChI is InChI=1S/C34H22N2/c1-3-13-28-21(8-1)23-10-6-12-25-32-26-18-27-24-11-5-9-22-20-7-2-4-14-29(20)36(33(22)24)31(27)17-19(26)15-16-30(32)35(28)34(23)25/h1-5,7-9,11,13-18,23H,6,10,12H2. The fourth-order valence-corrected chi connectivity index (χ4v) is 7.92. The van der Waals surface area contributed by atoms with Gasteiger partial charge in [0.05, 0.1) is 22.1 Å². The Morgan fingerprint density at radius 3 is 2.44 bits per heavy atom. The molecule has 1 aliphatic carbocycles. The molecular formula is C34H22N2. The lowest BCUT2D eigenvalue weighted by Crippen LogP contribution is -2.07. The average molecular weight is 459 g/mol. The monoisotopic (exact) mass is 458 g/mol. The lowest BCUT2D eigenvalue weighted by molar-refractivity contribution is 0.619. The molecule has 1 atom stereocenters. The molecule has 4 heterocycles. The topological polar surface area (TPSA) is 9.34 Å².